The van der Waals surface area contributed by atoms with E-state index < -0.39 is 5.82 Å². The third-order valence-electron chi connectivity index (χ3n) is 5.71. The fourth-order valence-electron chi connectivity index (χ4n) is 4.11. The molecular weight excluding hydrogens is 359 g/mol. The normalized spacial score (nSPS) is 19.7. The van der Waals surface area contributed by atoms with Crippen LogP contribution in [0.25, 0.3) is 0 Å². The molecule has 0 aliphatic carbocycles. The molecule has 1 aromatic heterocycles. The topological polar surface area (TPSA) is 71.7 Å². The molecule has 0 unspecified atom stereocenters. The highest BCUT2D eigenvalue weighted by atomic mass is 19.1. The Hall–Kier alpha value is -2.51. The van der Waals surface area contributed by atoms with Crippen molar-refractivity contribution >= 4 is 11.7 Å². The molecule has 2 aliphatic rings. The molecule has 1 amide bonds. The van der Waals surface area contributed by atoms with Crippen molar-refractivity contribution in [3.8, 4) is 0 Å². The number of likely N-dealkylation sites (tertiary alicyclic amines) is 1. The fraction of sp³-hybridized carbons (Fsp3) is 0.429. The molecule has 28 heavy (non-hydrogen) atoms. The fourth-order valence-corrected chi connectivity index (χ4v) is 4.11. The van der Waals surface area contributed by atoms with Crippen molar-refractivity contribution in [2.45, 2.75) is 25.0 Å². The monoisotopic (exact) mass is 384 g/mol. The minimum absolute atomic E-state index is 0.136. The van der Waals surface area contributed by atoms with Crippen LogP contribution in [0.5, 0.6) is 0 Å². The van der Waals surface area contributed by atoms with Crippen LogP contribution in [0.4, 0.5) is 10.2 Å². The number of pyridine rings is 1. The standard InChI is InChI=1S/C21H25FN4O2/c22-18-6-2-1-5-17(18)20(27)26-10-7-21(8-11-26)15-25(12-13-28-21)14-16-4-3-9-24-19(16)23/h1-6,9H,7-8,10-15H2,(H2,23,24). The second-order valence-corrected chi connectivity index (χ2v) is 7.56. The van der Waals surface area contributed by atoms with Crippen LogP contribution in [0, 0.1) is 5.82 Å². The number of anilines is 1. The zero-order chi connectivity index (χ0) is 19.6. The second kappa shape index (κ2) is 7.85. The van der Waals surface area contributed by atoms with Gasteiger partial charge in [-0.2, -0.15) is 0 Å². The number of aromatic nitrogens is 1. The highest BCUT2D eigenvalue weighted by molar-refractivity contribution is 5.94. The SMILES string of the molecule is Nc1ncccc1CN1CCOC2(CCN(C(=O)c3ccccc3F)CC2)C1. The summed E-state index contributed by atoms with van der Waals surface area (Å²) in [5.74, 6) is -0.154. The maximum absolute atomic E-state index is 13.9. The van der Waals surface area contributed by atoms with E-state index in [0.29, 0.717) is 25.5 Å². The van der Waals surface area contributed by atoms with E-state index in [1.807, 2.05) is 12.1 Å². The van der Waals surface area contributed by atoms with E-state index in [1.165, 1.54) is 6.07 Å². The molecule has 0 atom stereocenters. The Morgan fingerprint density at radius 3 is 2.71 bits per heavy atom. The second-order valence-electron chi connectivity index (χ2n) is 7.56. The maximum atomic E-state index is 13.9. The van der Waals surface area contributed by atoms with Crippen LogP contribution in [0.2, 0.25) is 0 Å². The zero-order valence-electron chi connectivity index (χ0n) is 15.8. The molecule has 2 aromatic rings. The van der Waals surface area contributed by atoms with Gasteiger partial charge in [0.25, 0.3) is 5.91 Å². The smallest absolute Gasteiger partial charge is 0.256 e. The number of ether oxygens (including phenoxy) is 1. The number of piperidine rings is 1. The summed E-state index contributed by atoms with van der Waals surface area (Å²) in [5.41, 5.74) is 6.88. The van der Waals surface area contributed by atoms with Gasteiger partial charge < -0.3 is 15.4 Å². The van der Waals surface area contributed by atoms with Crippen molar-refractivity contribution in [2.24, 2.45) is 0 Å². The predicted molar refractivity (Wildman–Crippen MR) is 104 cm³/mol. The van der Waals surface area contributed by atoms with Crippen molar-refractivity contribution in [2.75, 3.05) is 38.5 Å². The van der Waals surface area contributed by atoms with Gasteiger partial charge in [-0.15, -0.1) is 0 Å². The number of carbonyl (C=O) groups is 1. The molecule has 2 saturated heterocycles. The first-order chi connectivity index (χ1) is 13.6. The molecule has 4 rings (SSSR count). The average molecular weight is 384 g/mol. The molecule has 0 saturated carbocycles. The number of nitrogens with zero attached hydrogens (tertiary/aromatic N) is 3. The summed E-state index contributed by atoms with van der Waals surface area (Å²) < 4.78 is 20.1. The van der Waals surface area contributed by atoms with Gasteiger partial charge in [0.1, 0.15) is 11.6 Å². The highest BCUT2D eigenvalue weighted by Gasteiger charge is 2.41. The molecule has 0 radical (unpaired) electrons. The van der Waals surface area contributed by atoms with Crippen molar-refractivity contribution in [3.05, 3.63) is 59.5 Å². The first-order valence-corrected chi connectivity index (χ1v) is 9.66. The van der Waals surface area contributed by atoms with Gasteiger partial charge in [-0.3, -0.25) is 9.69 Å². The molecule has 3 heterocycles. The maximum Gasteiger partial charge on any atom is 0.256 e. The van der Waals surface area contributed by atoms with E-state index in [-0.39, 0.29) is 17.1 Å². The summed E-state index contributed by atoms with van der Waals surface area (Å²) in [7, 11) is 0. The molecule has 7 heteroatoms. The van der Waals surface area contributed by atoms with Gasteiger partial charge in [-0.05, 0) is 31.0 Å². The van der Waals surface area contributed by atoms with Crippen molar-refractivity contribution in [1.82, 2.24) is 14.8 Å². The summed E-state index contributed by atoms with van der Waals surface area (Å²) in [6.45, 7) is 4.16. The van der Waals surface area contributed by atoms with Gasteiger partial charge in [0.2, 0.25) is 0 Å². The molecule has 1 aromatic carbocycles. The summed E-state index contributed by atoms with van der Waals surface area (Å²) in [5, 5.41) is 0. The van der Waals surface area contributed by atoms with E-state index in [4.69, 9.17) is 10.5 Å². The largest absolute Gasteiger partial charge is 0.383 e. The van der Waals surface area contributed by atoms with Crippen molar-refractivity contribution < 1.29 is 13.9 Å². The van der Waals surface area contributed by atoms with Crippen molar-refractivity contribution in [3.63, 3.8) is 0 Å². The third kappa shape index (κ3) is 3.86. The third-order valence-corrected chi connectivity index (χ3v) is 5.71. The summed E-state index contributed by atoms with van der Waals surface area (Å²) in [6.07, 6.45) is 3.18. The average Bonchev–Trinajstić information content (AvgIpc) is 2.70. The Morgan fingerprint density at radius 2 is 1.96 bits per heavy atom. The minimum atomic E-state index is -0.470. The highest BCUT2D eigenvalue weighted by Crippen LogP contribution is 2.31. The number of halogens is 1. The Bertz CT molecular complexity index is 852. The van der Waals surface area contributed by atoms with E-state index in [9.17, 15) is 9.18 Å². The van der Waals surface area contributed by atoms with E-state index >= 15 is 0 Å². The van der Waals surface area contributed by atoms with Gasteiger partial charge in [0, 0.05) is 44.5 Å². The lowest BCUT2D eigenvalue weighted by molar-refractivity contribution is -0.134. The van der Waals surface area contributed by atoms with Gasteiger partial charge in [0.15, 0.2) is 0 Å². The molecular formula is C21H25FN4O2. The van der Waals surface area contributed by atoms with Gasteiger partial charge >= 0.3 is 0 Å². The van der Waals surface area contributed by atoms with Gasteiger partial charge in [-0.25, -0.2) is 9.37 Å². The quantitative estimate of drug-likeness (QED) is 0.879. The van der Waals surface area contributed by atoms with Crippen LogP contribution in [0.3, 0.4) is 0 Å². The number of hydrogen-bond donors (Lipinski definition) is 1. The lowest BCUT2D eigenvalue weighted by Gasteiger charge is -2.47. The lowest BCUT2D eigenvalue weighted by Crippen LogP contribution is -2.57. The van der Waals surface area contributed by atoms with E-state index in [1.54, 1.807) is 29.3 Å². The van der Waals surface area contributed by atoms with Gasteiger partial charge in [0.05, 0.1) is 17.8 Å². The van der Waals surface area contributed by atoms with Crippen LogP contribution in [-0.4, -0.2) is 59.1 Å². The van der Waals surface area contributed by atoms with Crippen LogP contribution >= 0.6 is 0 Å². The number of amides is 1. The Labute approximate surface area is 164 Å². The molecule has 148 valence electrons. The Kier molecular flexibility index (Phi) is 5.28. The number of carbonyl (C=O) groups excluding carboxylic acids is 1. The molecule has 6 nitrogen and oxygen atoms in total. The number of rotatable bonds is 3. The molecule has 2 aliphatic heterocycles. The predicted octanol–water partition coefficient (Wildman–Crippen LogP) is 2.31. The summed E-state index contributed by atoms with van der Waals surface area (Å²) in [6, 6.07) is 10.0. The number of benzene rings is 1. The molecule has 2 fully saturated rings. The minimum Gasteiger partial charge on any atom is -0.383 e. The summed E-state index contributed by atoms with van der Waals surface area (Å²) >= 11 is 0. The number of nitrogens with two attached hydrogens (primary N) is 1. The van der Waals surface area contributed by atoms with Crippen LogP contribution in [0.15, 0.2) is 42.6 Å². The Morgan fingerprint density at radius 1 is 1.18 bits per heavy atom. The first kappa shape index (κ1) is 18.8. The van der Waals surface area contributed by atoms with E-state index in [0.717, 1.165) is 38.0 Å². The molecule has 0 bridgehead atoms. The molecule has 2 N–H and O–H groups in total. The Balaban J connectivity index is 1.39. The molecule has 1 spiro atoms. The van der Waals surface area contributed by atoms with Crippen LogP contribution < -0.4 is 5.73 Å². The first-order valence-electron chi connectivity index (χ1n) is 9.66. The van der Waals surface area contributed by atoms with Crippen molar-refractivity contribution in [1.29, 1.82) is 0 Å². The van der Waals surface area contributed by atoms with Crippen LogP contribution in [0.1, 0.15) is 28.8 Å². The lowest BCUT2D eigenvalue weighted by atomic mass is 9.89. The van der Waals surface area contributed by atoms with Crippen LogP contribution in [-0.2, 0) is 11.3 Å². The number of nitrogen functional groups attached to an aromatic ring is 1. The van der Waals surface area contributed by atoms with Gasteiger partial charge in [-0.1, -0.05) is 18.2 Å². The summed E-state index contributed by atoms with van der Waals surface area (Å²) in [4.78, 5) is 20.9. The number of hydrogen-bond acceptors (Lipinski definition) is 5. The number of morpholine rings is 1. The van der Waals surface area contributed by atoms with E-state index in [2.05, 4.69) is 9.88 Å². The zero-order valence-corrected chi connectivity index (χ0v) is 15.8.